The molecule has 2 aromatic heterocycles. The fourth-order valence-corrected chi connectivity index (χ4v) is 3.02. The van der Waals surface area contributed by atoms with E-state index in [-0.39, 0.29) is 10.7 Å². The molecule has 112 valence electrons. The summed E-state index contributed by atoms with van der Waals surface area (Å²) in [5.41, 5.74) is 0. The lowest BCUT2D eigenvalue weighted by Gasteiger charge is -2.08. The number of rotatable bonds is 4. The van der Waals surface area contributed by atoms with Gasteiger partial charge in [0, 0.05) is 9.64 Å². The highest BCUT2D eigenvalue weighted by atomic mass is 127. The first kappa shape index (κ1) is 14.8. The van der Waals surface area contributed by atoms with E-state index in [0.717, 1.165) is 3.57 Å². The van der Waals surface area contributed by atoms with Crippen LogP contribution in [-0.2, 0) is 10.0 Å². The highest BCUT2D eigenvalue weighted by Gasteiger charge is 2.15. The summed E-state index contributed by atoms with van der Waals surface area (Å²) in [6.45, 7) is 0. The summed E-state index contributed by atoms with van der Waals surface area (Å²) in [5.74, 6) is 0.562. The molecular formula is C12H9IN6O2S. The predicted octanol–water partition coefficient (Wildman–Crippen LogP) is 1.46. The van der Waals surface area contributed by atoms with E-state index >= 15 is 0 Å². The van der Waals surface area contributed by atoms with E-state index in [1.165, 1.54) is 41.9 Å². The number of nitrogens with one attached hydrogen (secondary N) is 1. The van der Waals surface area contributed by atoms with Gasteiger partial charge in [0.1, 0.15) is 24.8 Å². The zero-order chi connectivity index (χ0) is 15.6. The molecule has 0 aliphatic heterocycles. The van der Waals surface area contributed by atoms with Crippen molar-refractivity contribution < 1.29 is 8.42 Å². The van der Waals surface area contributed by atoms with Crippen LogP contribution in [-0.4, -0.2) is 33.2 Å². The van der Waals surface area contributed by atoms with Gasteiger partial charge in [-0.15, -0.1) is 0 Å². The lowest BCUT2D eigenvalue weighted by atomic mass is 10.4. The first-order valence-corrected chi connectivity index (χ1v) is 8.56. The minimum absolute atomic E-state index is 0.152. The van der Waals surface area contributed by atoms with E-state index in [1.54, 1.807) is 12.1 Å². The number of halogens is 1. The molecule has 0 amide bonds. The van der Waals surface area contributed by atoms with E-state index < -0.39 is 10.0 Å². The number of nitrogens with zero attached hydrogens (tertiary/aromatic N) is 5. The molecule has 0 bridgehead atoms. The number of aromatic nitrogens is 5. The molecule has 1 aromatic carbocycles. The molecule has 0 aliphatic rings. The van der Waals surface area contributed by atoms with Crippen molar-refractivity contribution in [3.05, 3.63) is 52.9 Å². The van der Waals surface area contributed by atoms with E-state index in [0.29, 0.717) is 5.82 Å². The van der Waals surface area contributed by atoms with Crippen molar-refractivity contribution in [2.24, 2.45) is 0 Å². The summed E-state index contributed by atoms with van der Waals surface area (Å²) in [7, 11) is -3.70. The fraction of sp³-hybridized carbons (Fsp3) is 0. The van der Waals surface area contributed by atoms with Crippen LogP contribution in [0.5, 0.6) is 0 Å². The van der Waals surface area contributed by atoms with Crippen molar-refractivity contribution in [1.29, 1.82) is 0 Å². The minimum atomic E-state index is -3.70. The maximum absolute atomic E-state index is 12.3. The minimum Gasteiger partial charge on any atom is -0.263 e. The SMILES string of the molecule is O=S(=O)(Nc1cc(-n2cncn2)ncn1)c1ccc(I)cc1. The average Bonchev–Trinajstić information content (AvgIpc) is 3.02. The smallest absolute Gasteiger partial charge is 0.263 e. The molecule has 0 fully saturated rings. The summed E-state index contributed by atoms with van der Waals surface area (Å²) in [4.78, 5) is 11.9. The Morgan fingerprint density at radius 2 is 1.86 bits per heavy atom. The first-order valence-electron chi connectivity index (χ1n) is 6.00. The van der Waals surface area contributed by atoms with Gasteiger partial charge in [0.05, 0.1) is 4.90 Å². The van der Waals surface area contributed by atoms with Crippen LogP contribution < -0.4 is 4.72 Å². The molecule has 3 aromatic rings. The molecule has 0 saturated carbocycles. The molecule has 22 heavy (non-hydrogen) atoms. The topological polar surface area (TPSA) is 103 Å². The van der Waals surface area contributed by atoms with Gasteiger partial charge in [-0.05, 0) is 46.9 Å². The van der Waals surface area contributed by atoms with E-state index in [9.17, 15) is 8.42 Å². The molecule has 0 unspecified atom stereocenters. The zero-order valence-electron chi connectivity index (χ0n) is 11.0. The van der Waals surface area contributed by atoms with Crippen LogP contribution >= 0.6 is 22.6 Å². The second-order valence-corrected chi connectivity index (χ2v) is 7.09. The van der Waals surface area contributed by atoms with Gasteiger partial charge in [-0.3, -0.25) is 4.72 Å². The van der Waals surface area contributed by atoms with Gasteiger partial charge < -0.3 is 0 Å². The van der Waals surface area contributed by atoms with Gasteiger partial charge in [-0.25, -0.2) is 28.1 Å². The van der Waals surface area contributed by atoms with Gasteiger partial charge in [0.2, 0.25) is 0 Å². The molecule has 3 rings (SSSR count). The summed E-state index contributed by atoms with van der Waals surface area (Å²) < 4.78 is 29.4. The van der Waals surface area contributed by atoms with Crippen LogP contribution in [0.1, 0.15) is 0 Å². The Morgan fingerprint density at radius 3 is 2.55 bits per heavy atom. The molecule has 1 N–H and O–H groups in total. The summed E-state index contributed by atoms with van der Waals surface area (Å²) in [6, 6.07) is 7.97. The standard InChI is InChI=1S/C12H9IN6O2S/c13-9-1-3-10(4-2-9)22(20,21)18-11-5-12(16-7-15-11)19-8-14-6-17-19/h1-8H,(H,15,16,18). The third-order valence-corrected chi connectivity index (χ3v) is 4.76. The summed E-state index contributed by atoms with van der Waals surface area (Å²) >= 11 is 2.11. The van der Waals surface area contributed by atoms with Crippen LogP contribution in [0.2, 0.25) is 0 Å². The molecular weight excluding hydrogens is 419 g/mol. The van der Waals surface area contributed by atoms with Gasteiger partial charge in [-0.1, -0.05) is 0 Å². The molecule has 8 nitrogen and oxygen atoms in total. The predicted molar refractivity (Wildman–Crippen MR) is 86.9 cm³/mol. The van der Waals surface area contributed by atoms with Crippen LogP contribution in [0.3, 0.4) is 0 Å². The Labute approximate surface area is 139 Å². The number of hydrogen-bond donors (Lipinski definition) is 1. The summed E-state index contributed by atoms with van der Waals surface area (Å²) in [5, 5.41) is 3.93. The van der Waals surface area contributed by atoms with Crippen molar-refractivity contribution in [3.63, 3.8) is 0 Å². The maximum atomic E-state index is 12.3. The number of sulfonamides is 1. The van der Waals surface area contributed by atoms with Crippen LogP contribution in [0.15, 0.2) is 54.2 Å². The van der Waals surface area contributed by atoms with E-state index in [1.807, 2.05) is 0 Å². The third kappa shape index (κ3) is 3.22. The van der Waals surface area contributed by atoms with Crippen LogP contribution in [0.4, 0.5) is 5.82 Å². The lowest BCUT2D eigenvalue weighted by molar-refractivity contribution is 0.601. The highest BCUT2D eigenvalue weighted by molar-refractivity contribution is 14.1. The Balaban J connectivity index is 1.89. The van der Waals surface area contributed by atoms with Crippen molar-refractivity contribution in [1.82, 2.24) is 24.7 Å². The zero-order valence-corrected chi connectivity index (χ0v) is 13.9. The summed E-state index contributed by atoms with van der Waals surface area (Å²) in [6.07, 6.45) is 4.07. The van der Waals surface area contributed by atoms with Gasteiger partial charge in [0.25, 0.3) is 10.0 Å². The lowest BCUT2D eigenvalue weighted by Crippen LogP contribution is -2.14. The largest absolute Gasteiger partial charge is 0.263 e. The molecule has 2 heterocycles. The quantitative estimate of drug-likeness (QED) is 0.632. The van der Waals surface area contributed by atoms with Crippen molar-refractivity contribution >= 4 is 38.4 Å². The maximum Gasteiger partial charge on any atom is 0.263 e. The molecule has 0 radical (unpaired) electrons. The molecule has 0 aliphatic carbocycles. The second-order valence-electron chi connectivity index (χ2n) is 4.16. The van der Waals surface area contributed by atoms with Gasteiger partial charge >= 0.3 is 0 Å². The van der Waals surface area contributed by atoms with Crippen molar-refractivity contribution in [2.45, 2.75) is 4.90 Å². The number of benzene rings is 1. The average molecular weight is 428 g/mol. The molecule has 0 spiro atoms. The van der Waals surface area contributed by atoms with Crippen molar-refractivity contribution in [2.75, 3.05) is 4.72 Å². The third-order valence-electron chi connectivity index (χ3n) is 2.67. The van der Waals surface area contributed by atoms with Gasteiger partial charge in [0.15, 0.2) is 5.82 Å². The monoisotopic (exact) mass is 428 g/mol. The molecule has 0 atom stereocenters. The Hall–Kier alpha value is -2.08. The van der Waals surface area contributed by atoms with Crippen LogP contribution in [0.25, 0.3) is 5.82 Å². The van der Waals surface area contributed by atoms with E-state index in [4.69, 9.17) is 0 Å². The van der Waals surface area contributed by atoms with Crippen LogP contribution in [0, 0.1) is 3.57 Å². The first-order chi connectivity index (χ1) is 10.5. The highest BCUT2D eigenvalue weighted by Crippen LogP contribution is 2.16. The Bertz CT molecular complexity index is 880. The van der Waals surface area contributed by atoms with E-state index in [2.05, 4.69) is 47.4 Å². The Morgan fingerprint density at radius 1 is 1.09 bits per heavy atom. The molecule has 0 saturated heterocycles. The molecule has 10 heteroatoms. The Kier molecular flexibility index (Phi) is 4.02. The number of anilines is 1. The normalized spacial score (nSPS) is 11.3. The second kappa shape index (κ2) is 5.96. The number of hydrogen-bond acceptors (Lipinski definition) is 6. The van der Waals surface area contributed by atoms with Crippen molar-refractivity contribution in [3.8, 4) is 5.82 Å². The fourth-order valence-electron chi connectivity index (χ4n) is 1.67. The van der Waals surface area contributed by atoms with Gasteiger partial charge in [-0.2, -0.15) is 5.10 Å².